The second kappa shape index (κ2) is 14.4. The topological polar surface area (TPSA) is 251 Å². The Labute approximate surface area is 212 Å². The predicted molar refractivity (Wildman–Crippen MR) is 129 cm³/mol. The van der Waals surface area contributed by atoms with Crippen molar-refractivity contribution in [3.8, 4) is 5.75 Å². The Hall–Kier alpha value is -4.20. The predicted octanol–water partition coefficient (Wildman–Crippen LogP) is -1.80. The van der Waals surface area contributed by atoms with E-state index >= 15 is 0 Å². The molecule has 4 atom stereocenters. The van der Waals surface area contributed by atoms with Crippen molar-refractivity contribution in [3.63, 3.8) is 0 Å². The Balaban J connectivity index is 3.00. The number of nitrogens with two attached hydrogens (primary N) is 2. The van der Waals surface area contributed by atoms with Crippen LogP contribution in [0.4, 0.5) is 0 Å². The third-order valence-electron chi connectivity index (χ3n) is 5.28. The summed E-state index contributed by atoms with van der Waals surface area (Å²) < 4.78 is 0. The third kappa shape index (κ3) is 10.9. The van der Waals surface area contributed by atoms with Crippen molar-refractivity contribution in [2.75, 3.05) is 0 Å². The van der Waals surface area contributed by atoms with Crippen LogP contribution in [0.3, 0.4) is 0 Å². The average Bonchev–Trinajstić information content (AvgIpc) is 2.79. The standard InChI is InChI=1S/C23H33N5O9/c1-11(2)19(22(35)27-16(23(36)37)9-12-3-5-13(29)6-4-12)28-21(34)15(7-8-17(25)30)26-20(33)14(24)10-18(31)32/h3-6,11,14-16,19,29H,7-10,24H2,1-2H3,(H2,25,30)(H,26,33)(H,27,35)(H,28,34)(H,31,32)(H,36,37). The summed E-state index contributed by atoms with van der Waals surface area (Å²) in [5, 5.41) is 34.8. The molecular formula is C23H33N5O9. The molecule has 0 heterocycles. The SMILES string of the molecule is CC(C)C(NC(=O)C(CCC(N)=O)NC(=O)C(N)CC(=O)O)C(=O)NC(Cc1ccc(O)cc1)C(=O)O. The van der Waals surface area contributed by atoms with Crippen molar-refractivity contribution in [2.24, 2.45) is 17.4 Å². The number of phenols is 1. The molecule has 204 valence electrons. The molecule has 37 heavy (non-hydrogen) atoms. The zero-order valence-corrected chi connectivity index (χ0v) is 20.5. The molecule has 0 aromatic heterocycles. The summed E-state index contributed by atoms with van der Waals surface area (Å²) >= 11 is 0. The molecule has 4 amide bonds. The lowest BCUT2D eigenvalue weighted by Crippen LogP contribution is -2.58. The summed E-state index contributed by atoms with van der Waals surface area (Å²) in [7, 11) is 0. The molecular weight excluding hydrogens is 490 g/mol. The van der Waals surface area contributed by atoms with Gasteiger partial charge in [0, 0.05) is 12.8 Å². The van der Waals surface area contributed by atoms with Crippen LogP contribution in [-0.4, -0.2) is 75.1 Å². The fourth-order valence-corrected chi connectivity index (χ4v) is 3.23. The minimum atomic E-state index is -1.47. The van der Waals surface area contributed by atoms with Crippen LogP contribution in [0.15, 0.2) is 24.3 Å². The maximum absolute atomic E-state index is 12.9. The quantitative estimate of drug-likeness (QED) is 0.128. The van der Waals surface area contributed by atoms with Crippen LogP contribution in [0.2, 0.25) is 0 Å². The van der Waals surface area contributed by atoms with Gasteiger partial charge in [0.15, 0.2) is 0 Å². The van der Waals surface area contributed by atoms with Gasteiger partial charge in [-0.2, -0.15) is 0 Å². The number of phenolic OH excluding ortho intramolecular Hbond substituents is 1. The minimum absolute atomic E-state index is 0.0101. The van der Waals surface area contributed by atoms with Crippen LogP contribution >= 0.6 is 0 Å². The Kier molecular flexibility index (Phi) is 12.0. The molecule has 14 heteroatoms. The van der Waals surface area contributed by atoms with E-state index in [-0.39, 0.29) is 25.0 Å². The van der Waals surface area contributed by atoms with Crippen LogP contribution in [0.5, 0.6) is 5.75 Å². The Morgan fingerprint density at radius 3 is 1.92 bits per heavy atom. The van der Waals surface area contributed by atoms with Crippen LogP contribution in [0.1, 0.15) is 38.7 Å². The van der Waals surface area contributed by atoms with E-state index in [9.17, 15) is 39.0 Å². The van der Waals surface area contributed by atoms with Crippen molar-refractivity contribution in [1.29, 1.82) is 0 Å². The zero-order valence-electron chi connectivity index (χ0n) is 20.5. The molecule has 0 saturated heterocycles. The molecule has 4 unspecified atom stereocenters. The molecule has 10 N–H and O–H groups in total. The summed E-state index contributed by atoms with van der Waals surface area (Å²) in [6.07, 6.45) is -1.36. The minimum Gasteiger partial charge on any atom is -0.508 e. The van der Waals surface area contributed by atoms with Crippen LogP contribution in [0.25, 0.3) is 0 Å². The summed E-state index contributed by atoms with van der Waals surface area (Å²) in [5.41, 5.74) is 11.2. The molecule has 0 bridgehead atoms. The van der Waals surface area contributed by atoms with E-state index in [1.54, 1.807) is 13.8 Å². The van der Waals surface area contributed by atoms with Crippen molar-refractivity contribution >= 4 is 35.6 Å². The summed E-state index contributed by atoms with van der Waals surface area (Å²) in [6.45, 7) is 3.19. The first-order valence-electron chi connectivity index (χ1n) is 11.4. The number of aliphatic carboxylic acids is 2. The lowest BCUT2D eigenvalue weighted by atomic mass is 10.00. The van der Waals surface area contributed by atoms with Crippen molar-refractivity contribution < 1.29 is 44.1 Å². The third-order valence-corrected chi connectivity index (χ3v) is 5.28. The normalized spacial score (nSPS) is 14.1. The largest absolute Gasteiger partial charge is 0.508 e. The van der Waals surface area contributed by atoms with Gasteiger partial charge in [0.05, 0.1) is 12.5 Å². The Morgan fingerprint density at radius 2 is 1.43 bits per heavy atom. The molecule has 0 fully saturated rings. The van der Waals surface area contributed by atoms with Gasteiger partial charge in [0.25, 0.3) is 0 Å². The second-order valence-electron chi connectivity index (χ2n) is 8.77. The summed E-state index contributed by atoms with van der Waals surface area (Å²) in [5.74, 6) is -6.60. The van der Waals surface area contributed by atoms with Gasteiger partial charge in [-0.3, -0.25) is 24.0 Å². The number of nitrogens with one attached hydrogen (secondary N) is 3. The first-order valence-corrected chi connectivity index (χ1v) is 11.4. The lowest BCUT2D eigenvalue weighted by molar-refractivity contribution is -0.142. The highest BCUT2D eigenvalue weighted by molar-refractivity contribution is 5.95. The van der Waals surface area contributed by atoms with Gasteiger partial charge in [-0.15, -0.1) is 0 Å². The number of benzene rings is 1. The van der Waals surface area contributed by atoms with Crippen LogP contribution in [0, 0.1) is 5.92 Å². The van der Waals surface area contributed by atoms with Gasteiger partial charge in [-0.05, 0) is 30.0 Å². The molecule has 14 nitrogen and oxygen atoms in total. The number of rotatable bonds is 15. The van der Waals surface area contributed by atoms with E-state index < -0.39 is 72.1 Å². The summed E-state index contributed by atoms with van der Waals surface area (Å²) in [6, 6.07) is 0.319. The van der Waals surface area contributed by atoms with Crippen LogP contribution < -0.4 is 27.4 Å². The van der Waals surface area contributed by atoms with E-state index in [2.05, 4.69) is 16.0 Å². The van der Waals surface area contributed by atoms with E-state index in [1.807, 2.05) is 0 Å². The number of carboxylic acid groups (broad SMARTS) is 2. The highest BCUT2D eigenvalue weighted by atomic mass is 16.4. The monoisotopic (exact) mass is 523 g/mol. The van der Waals surface area contributed by atoms with E-state index in [1.165, 1.54) is 24.3 Å². The molecule has 1 aromatic rings. The molecule has 0 aliphatic heterocycles. The molecule has 0 spiro atoms. The molecule has 1 aromatic carbocycles. The van der Waals surface area contributed by atoms with Gasteiger partial charge in [0.1, 0.15) is 23.9 Å². The molecule has 0 aliphatic carbocycles. The number of hydrogen-bond acceptors (Lipinski definition) is 8. The molecule has 0 radical (unpaired) electrons. The molecule has 0 saturated carbocycles. The fraction of sp³-hybridized carbons (Fsp3) is 0.478. The number of carboxylic acids is 2. The lowest BCUT2D eigenvalue weighted by Gasteiger charge is -2.27. The van der Waals surface area contributed by atoms with Gasteiger partial charge < -0.3 is 42.7 Å². The number of aromatic hydroxyl groups is 1. The van der Waals surface area contributed by atoms with Gasteiger partial charge >= 0.3 is 11.9 Å². The van der Waals surface area contributed by atoms with Gasteiger partial charge in [-0.25, -0.2) is 4.79 Å². The highest BCUT2D eigenvalue weighted by Gasteiger charge is 2.32. The molecule has 1 rings (SSSR count). The fourth-order valence-electron chi connectivity index (χ4n) is 3.23. The second-order valence-corrected chi connectivity index (χ2v) is 8.77. The number of hydrogen-bond donors (Lipinski definition) is 8. The number of carbonyl (C=O) groups is 6. The summed E-state index contributed by atoms with van der Waals surface area (Å²) in [4.78, 5) is 71.9. The first kappa shape index (κ1) is 30.8. The van der Waals surface area contributed by atoms with E-state index in [4.69, 9.17) is 16.6 Å². The van der Waals surface area contributed by atoms with Crippen LogP contribution in [-0.2, 0) is 35.2 Å². The smallest absolute Gasteiger partial charge is 0.326 e. The van der Waals surface area contributed by atoms with E-state index in [0.717, 1.165) is 0 Å². The number of amides is 4. The number of carbonyl (C=O) groups excluding carboxylic acids is 4. The van der Waals surface area contributed by atoms with Gasteiger partial charge in [-0.1, -0.05) is 26.0 Å². The highest BCUT2D eigenvalue weighted by Crippen LogP contribution is 2.12. The van der Waals surface area contributed by atoms with E-state index in [0.29, 0.717) is 5.56 Å². The maximum atomic E-state index is 12.9. The van der Waals surface area contributed by atoms with Crippen molar-refractivity contribution in [1.82, 2.24) is 16.0 Å². The Bertz CT molecular complexity index is 997. The maximum Gasteiger partial charge on any atom is 0.326 e. The Morgan fingerprint density at radius 1 is 0.865 bits per heavy atom. The number of primary amides is 1. The van der Waals surface area contributed by atoms with Crippen molar-refractivity contribution in [2.45, 2.75) is 63.7 Å². The zero-order chi connectivity index (χ0) is 28.3. The first-order chi connectivity index (χ1) is 17.2. The molecule has 0 aliphatic rings. The van der Waals surface area contributed by atoms with Crippen molar-refractivity contribution in [3.05, 3.63) is 29.8 Å². The average molecular weight is 524 g/mol. The van der Waals surface area contributed by atoms with Gasteiger partial charge in [0.2, 0.25) is 23.6 Å².